The molecule has 0 amide bonds. The average Bonchev–Trinajstić information content (AvgIpc) is 3.32. The Labute approximate surface area is 183 Å². The van der Waals surface area contributed by atoms with Crippen LogP contribution in [-0.2, 0) is 0 Å². The van der Waals surface area contributed by atoms with Crippen molar-refractivity contribution < 1.29 is 0 Å². The van der Waals surface area contributed by atoms with E-state index in [9.17, 15) is 0 Å². The van der Waals surface area contributed by atoms with Crippen molar-refractivity contribution in [3.05, 3.63) is 95.6 Å². The van der Waals surface area contributed by atoms with Gasteiger partial charge >= 0.3 is 0 Å². The van der Waals surface area contributed by atoms with Gasteiger partial charge < -0.3 is 4.81 Å². The van der Waals surface area contributed by atoms with Gasteiger partial charge in [-0.1, -0.05) is 106 Å². The van der Waals surface area contributed by atoms with Gasteiger partial charge in [-0.25, -0.2) is 0 Å². The second-order valence-corrected chi connectivity index (χ2v) is 9.28. The summed E-state index contributed by atoms with van der Waals surface area (Å²) in [5, 5.41) is 0. The number of fused-ring (bicyclic) bond motifs is 2. The largest absolute Gasteiger partial charge is 0.333 e. The molecule has 2 heteroatoms. The first kappa shape index (κ1) is 20.9. The SMILES string of the molecule is C=CCCC1C=C(B(C2C=Cc3ccccc32)N(C(C)C)C(C)C)c2ccccc21. The number of allylic oxidation sites excluding steroid dienone is 3. The lowest BCUT2D eigenvalue weighted by Crippen LogP contribution is -2.51. The molecule has 30 heavy (non-hydrogen) atoms. The lowest BCUT2D eigenvalue weighted by Gasteiger charge is -2.40. The Hall–Kier alpha value is -2.32. The van der Waals surface area contributed by atoms with E-state index in [1.165, 1.54) is 27.7 Å². The van der Waals surface area contributed by atoms with Crippen molar-refractivity contribution in [2.24, 2.45) is 0 Å². The van der Waals surface area contributed by atoms with Crippen molar-refractivity contribution in [1.82, 2.24) is 4.81 Å². The van der Waals surface area contributed by atoms with Crippen LogP contribution in [0.1, 0.15) is 74.5 Å². The summed E-state index contributed by atoms with van der Waals surface area (Å²) in [4.78, 5) is 2.72. The van der Waals surface area contributed by atoms with E-state index >= 15 is 0 Å². The normalized spacial score (nSPS) is 19.4. The molecule has 0 fully saturated rings. The zero-order valence-corrected chi connectivity index (χ0v) is 18.9. The molecule has 0 saturated carbocycles. The fourth-order valence-electron chi connectivity index (χ4n) is 5.60. The van der Waals surface area contributed by atoms with E-state index in [1.54, 1.807) is 0 Å². The standard InChI is InChI=1S/C28H34BN/c1-6-7-12-23-19-28(26-16-11-10-14-24(23)26)29(30(20(2)3)21(4)5)27-18-17-22-13-8-9-15-25(22)27/h6,8-11,13-21,23,27H,1,7,12H2,2-5H3. The molecule has 0 aliphatic heterocycles. The van der Waals surface area contributed by atoms with Gasteiger partial charge in [0.1, 0.15) is 0 Å². The Kier molecular flexibility index (Phi) is 6.15. The number of hydrogen-bond acceptors (Lipinski definition) is 1. The summed E-state index contributed by atoms with van der Waals surface area (Å²) in [5.41, 5.74) is 7.27. The first-order valence-electron chi connectivity index (χ1n) is 11.5. The van der Waals surface area contributed by atoms with E-state index in [0.29, 0.717) is 30.7 Å². The Balaban J connectivity index is 1.85. The summed E-state index contributed by atoms with van der Waals surface area (Å²) in [5.74, 6) is 0.863. The number of hydrogen-bond donors (Lipinski definition) is 0. The van der Waals surface area contributed by atoms with Crippen molar-refractivity contribution >= 4 is 18.4 Å². The van der Waals surface area contributed by atoms with E-state index in [0.717, 1.165) is 12.8 Å². The molecule has 0 saturated heterocycles. The second-order valence-electron chi connectivity index (χ2n) is 9.28. The van der Waals surface area contributed by atoms with Crippen molar-refractivity contribution in [3.63, 3.8) is 0 Å². The Morgan fingerprint density at radius 1 is 0.967 bits per heavy atom. The lowest BCUT2D eigenvalue weighted by molar-refractivity contribution is 0.304. The van der Waals surface area contributed by atoms with Crippen LogP contribution in [-0.4, -0.2) is 23.7 Å². The van der Waals surface area contributed by atoms with Crippen molar-refractivity contribution in [3.8, 4) is 0 Å². The molecule has 0 spiro atoms. The molecule has 1 nitrogen and oxygen atoms in total. The van der Waals surface area contributed by atoms with Crippen molar-refractivity contribution in [2.75, 3.05) is 0 Å². The Morgan fingerprint density at radius 2 is 1.63 bits per heavy atom. The molecule has 2 unspecified atom stereocenters. The number of nitrogens with zero attached hydrogens (tertiary/aromatic N) is 1. The number of benzene rings is 2. The highest BCUT2D eigenvalue weighted by atomic mass is 15.1. The molecule has 2 aromatic rings. The van der Waals surface area contributed by atoms with Crippen LogP contribution in [0, 0.1) is 0 Å². The van der Waals surface area contributed by atoms with Crippen LogP contribution in [0.25, 0.3) is 11.5 Å². The Bertz CT molecular complexity index is 960. The molecule has 0 radical (unpaired) electrons. The fourth-order valence-corrected chi connectivity index (χ4v) is 5.60. The molecular formula is C28H34BN. The minimum absolute atomic E-state index is 0.333. The predicted molar refractivity (Wildman–Crippen MR) is 133 cm³/mol. The third-order valence-electron chi connectivity index (χ3n) is 6.74. The van der Waals surface area contributed by atoms with Crippen LogP contribution in [0.15, 0.2) is 73.3 Å². The highest BCUT2D eigenvalue weighted by Crippen LogP contribution is 2.45. The molecule has 2 aliphatic rings. The van der Waals surface area contributed by atoms with E-state index in [-0.39, 0.29) is 0 Å². The van der Waals surface area contributed by atoms with Gasteiger partial charge in [0.2, 0.25) is 0 Å². The summed E-state index contributed by atoms with van der Waals surface area (Å²) in [6, 6.07) is 18.9. The molecule has 0 aromatic heterocycles. The lowest BCUT2D eigenvalue weighted by atomic mass is 9.42. The van der Waals surface area contributed by atoms with Crippen LogP contribution in [0.2, 0.25) is 0 Å². The third kappa shape index (κ3) is 3.74. The molecule has 2 atom stereocenters. The predicted octanol–water partition coefficient (Wildman–Crippen LogP) is 7.13. The summed E-state index contributed by atoms with van der Waals surface area (Å²) in [6.07, 6.45) is 11.6. The molecule has 4 rings (SSSR count). The van der Waals surface area contributed by atoms with Gasteiger partial charge in [-0.2, -0.15) is 0 Å². The third-order valence-corrected chi connectivity index (χ3v) is 6.74. The van der Waals surface area contributed by atoms with Gasteiger partial charge in [-0.3, -0.25) is 0 Å². The first-order valence-corrected chi connectivity index (χ1v) is 11.5. The van der Waals surface area contributed by atoms with Crippen LogP contribution in [0.4, 0.5) is 0 Å². The smallest absolute Gasteiger partial charge is 0.270 e. The highest BCUT2D eigenvalue weighted by Gasteiger charge is 2.42. The topological polar surface area (TPSA) is 3.24 Å². The van der Waals surface area contributed by atoms with Crippen LogP contribution < -0.4 is 0 Å². The first-order chi connectivity index (χ1) is 14.5. The van der Waals surface area contributed by atoms with Gasteiger partial charge in [-0.15, -0.1) is 6.58 Å². The highest BCUT2D eigenvalue weighted by molar-refractivity contribution is 6.79. The van der Waals surface area contributed by atoms with Crippen molar-refractivity contribution in [1.29, 1.82) is 0 Å². The van der Waals surface area contributed by atoms with Gasteiger partial charge in [0, 0.05) is 11.7 Å². The Morgan fingerprint density at radius 3 is 2.33 bits per heavy atom. The maximum Gasteiger partial charge on any atom is 0.270 e. The van der Waals surface area contributed by atoms with Crippen molar-refractivity contribution in [2.45, 2.75) is 64.4 Å². The van der Waals surface area contributed by atoms with Crippen LogP contribution in [0.5, 0.6) is 0 Å². The minimum Gasteiger partial charge on any atom is -0.333 e. The molecule has 0 bridgehead atoms. The van der Waals surface area contributed by atoms with Gasteiger partial charge in [0.15, 0.2) is 0 Å². The monoisotopic (exact) mass is 395 g/mol. The van der Waals surface area contributed by atoms with Crippen LogP contribution in [0.3, 0.4) is 0 Å². The molecular weight excluding hydrogens is 361 g/mol. The summed E-state index contributed by atoms with van der Waals surface area (Å²) >= 11 is 0. The zero-order chi connectivity index (χ0) is 21.3. The molecule has 2 aliphatic carbocycles. The van der Waals surface area contributed by atoms with Gasteiger partial charge in [0.25, 0.3) is 6.85 Å². The molecule has 2 aromatic carbocycles. The summed E-state index contributed by atoms with van der Waals surface area (Å²) < 4.78 is 0. The minimum atomic E-state index is 0.333. The number of rotatable bonds is 8. The van der Waals surface area contributed by atoms with Crippen LogP contribution >= 0.6 is 0 Å². The van der Waals surface area contributed by atoms with Gasteiger partial charge in [-0.05, 0) is 47.2 Å². The maximum absolute atomic E-state index is 3.96. The molecule has 0 N–H and O–H groups in total. The average molecular weight is 395 g/mol. The van der Waals surface area contributed by atoms with E-state index in [1.807, 2.05) is 0 Å². The van der Waals surface area contributed by atoms with E-state index in [4.69, 9.17) is 0 Å². The van der Waals surface area contributed by atoms with E-state index in [2.05, 4.69) is 112 Å². The zero-order valence-electron chi connectivity index (χ0n) is 18.9. The summed E-state index contributed by atoms with van der Waals surface area (Å²) in [6.45, 7) is 13.7. The van der Waals surface area contributed by atoms with Gasteiger partial charge in [0.05, 0.1) is 0 Å². The molecule has 0 heterocycles. The fraction of sp³-hybridized carbons (Fsp3) is 0.357. The van der Waals surface area contributed by atoms with E-state index < -0.39 is 0 Å². The summed E-state index contributed by atoms with van der Waals surface area (Å²) in [7, 11) is 0. The second kappa shape index (κ2) is 8.82. The maximum atomic E-state index is 3.96. The molecule has 154 valence electrons. The quantitative estimate of drug-likeness (QED) is 0.339.